The van der Waals surface area contributed by atoms with Crippen molar-refractivity contribution in [1.82, 2.24) is 0 Å². The van der Waals surface area contributed by atoms with Crippen LogP contribution < -0.4 is 9.62 Å². The van der Waals surface area contributed by atoms with Gasteiger partial charge in [-0.1, -0.05) is 25.0 Å². The summed E-state index contributed by atoms with van der Waals surface area (Å²) in [5.74, 6) is 0.313. The second kappa shape index (κ2) is 7.73. The molecule has 0 atom stereocenters. The lowest BCUT2D eigenvalue weighted by Gasteiger charge is -2.22. The van der Waals surface area contributed by atoms with Gasteiger partial charge in [-0.3, -0.25) is 9.52 Å². The molecule has 1 N–H and O–H groups in total. The van der Waals surface area contributed by atoms with Gasteiger partial charge in [0.05, 0.1) is 10.6 Å². The molecule has 158 valence electrons. The highest BCUT2D eigenvalue weighted by Crippen LogP contribution is 2.35. The van der Waals surface area contributed by atoms with Crippen LogP contribution in [0.4, 0.5) is 11.4 Å². The first-order valence-corrected chi connectivity index (χ1v) is 12.6. The zero-order valence-electron chi connectivity index (χ0n) is 17.2. The van der Waals surface area contributed by atoms with Crippen LogP contribution in [0.15, 0.2) is 41.3 Å². The van der Waals surface area contributed by atoms with E-state index in [1.54, 1.807) is 12.1 Å². The second-order valence-corrected chi connectivity index (χ2v) is 10.5. The Kier molecular flexibility index (Phi) is 5.05. The molecular weight excluding hydrogens is 396 g/mol. The fraction of sp³-hybridized carbons (Fsp3) is 0.458. The Morgan fingerprint density at radius 2 is 1.60 bits per heavy atom. The SMILES string of the molecule is O=C(C1CCCC1)N1CCc2ccc(NS(=O)(=O)c3ccc4c(c3)CCCC4)cc21. The molecule has 30 heavy (non-hydrogen) atoms. The first-order chi connectivity index (χ1) is 14.5. The summed E-state index contributed by atoms with van der Waals surface area (Å²) in [6.45, 7) is 0.686. The summed E-state index contributed by atoms with van der Waals surface area (Å²) >= 11 is 0. The Labute approximate surface area is 178 Å². The fourth-order valence-corrected chi connectivity index (χ4v) is 6.26. The predicted octanol–water partition coefficient (Wildman–Crippen LogP) is 4.45. The van der Waals surface area contributed by atoms with Crippen molar-refractivity contribution < 1.29 is 13.2 Å². The van der Waals surface area contributed by atoms with Gasteiger partial charge in [0.1, 0.15) is 0 Å². The number of hydrogen-bond acceptors (Lipinski definition) is 3. The number of amides is 1. The third kappa shape index (κ3) is 3.62. The van der Waals surface area contributed by atoms with Crippen LogP contribution in [-0.4, -0.2) is 20.9 Å². The Morgan fingerprint density at radius 1 is 0.867 bits per heavy atom. The molecule has 0 bridgehead atoms. The maximum absolute atomic E-state index is 13.0. The summed E-state index contributed by atoms with van der Waals surface area (Å²) in [4.78, 5) is 15.1. The summed E-state index contributed by atoms with van der Waals surface area (Å²) in [6.07, 6.45) is 9.25. The summed E-state index contributed by atoms with van der Waals surface area (Å²) in [5, 5.41) is 0. The topological polar surface area (TPSA) is 66.5 Å². The molecule has 0 unspecified atom stereocenters. The number of rotatable bonds is 4. The van der Waals surface area contributed by atoms with Gasteiger partial charge in [-0.2, -0.15) is 0 Å². The Balaban J connectivity index is 1.39. The molecular formula is C24H28N2O3S. The van der Waals surface area contributed by atoms with E-state index in [4.69, 9.17) is 0 Å². The largest absolute Gasteiger partial charge is 0.312 e. The Morgan fingerprint density at radius 3 is 2.40 bits per heavy atom. The molecule has 0 aromatic heterocycles. The molecule has 2 aromatic rings. The number of hydrogen-bond donors (Lipinski definition) is 1. The van der Waals surface area contributed by atoms with Gasteiger partial charge in [0.15, 0.2) is 0 Å². The first-order valence-electron chi connectivity index (χ1n) is 11.1. The lowest BCUT2D eigenvalue weighted by atomic mass is 9.92. The number of nitrogens with zero attached hydrogens (tertiary/aromatic N) is 1. The van der Waals surface area contributed by atoms with Gasteiger partial charge >= 0.3 is 0 Å². The number of anilines is 2. The zero-order chi connectivity index (χ0) is 20.7. The van der Waals surface area contributed by atoms with Gasteiger partial charge < -0.3 is 4.90 Å². The van der Waals surface area contributed by atoms with Crippen molar-refractivity contribution in [2.75, 3.05) is 16.2 Å². The van der Waals surface area contributed by atoms with Gasteiger partial charge in [-0.05, 0) is 85.9 Å². The van der Waals surface area contributed by atoms with Crippen molar-refractivity contribution in [3.05, 3.63) is 53.1 Å². The van der Waals surface area contributed by atoms with E-state index in [0.29, 0.717) is 17.1 Å². The molecule has 6 heteroatoms. The number of carbonyl (C=O) groups excluding carboxylic acids is 1. The van der Waals surface area contributed by atoms with E-state index in [0.717, 1.165) is 68.2 Å². The van der Waals surface area contributed by atoms with E-state index < -0.39 is 10.0 Å². The lowest BCUT2D eigenvalue weighted by molar-refractivity contribution is -0.122. The van der Waals surface area contributed by atoms with Crippen LogP contribution in [0.1, 0.15) is 55.2 Å². The van der Waals surface area contributed by atoms with Crippen molar-refractivity contribution in [3.63, 3.8) is 0 Å². The number of fused-ring (bicyclic) bond motifs is 2. The van der Waals surface area contributed by atoms with Gasteiger partial charge in [-0.25, -0.2) is 8.42 Å². The number of carbonyl (C=O) groups is 1. The molecule has 1 amide bonds. The molecule has 2 aromatic carbocycles. The average molecular weight is 425 g/mol. The lowest BCUT2D eigenvalue weighted by Crippen LogP contribution is -2.33. The third-order valence-electron chi connectivity index (χ3n) is 6.83. The van der Waals surface area contributed by atoms with Crippen molar-refractivity contribution >= 4 is 27.3 Å². The highest BCUT2D eigenvalue weighted by atomic mass is 32.2. The van der Waals surface area contributed by atoms with Crippen LogP contribution in [0, 0.1) is 5.92 Å². The number of benzene rings is 2. The van der Waals surface area contributed by atoms with Gasteiger partial charge in [-0.15, -0.1) is 0 Å². The maximum Gasteiger partial charge on any atom is 0.261 e. The Bertz CT molecular complexity index is 1090. The minimum absolute atomic E-state index is 0.117. The van der Waals surface area contributed by atoms with Crippen molar-refractivity contribution in [3.8, 4) is 0 Å². The molecule has 1 heterocycles. The van der Waals surface area contributed by atoms with E-state index in [9.17, 15) is 13.2 Å². The van der Waals surface area contributed by atoms with Crippen LogP contribution in [0.2, 0.25) is 0 Å². The molecule has 5 rings (SSSR count). The standard InChI is InChI=1S/C24H28N2O3S/c27-24(19-6-2-3-7-19)26-14-13-18-9-11-21(16-23(18)26)25-30(28,29)22-12-10-17-5-1-4-8-20(17)15-22/h9-12,15-16,19,25H,1-8,13-14H2. The summed E-state index contributed by atoms with van der Waals surface area (Å²) < 4.78 is 28.8. The van der Waals surface area contributed by atoms with Gasteiger partial charge in [0.2, 0.25) is 5.91 Å². The van der Waals surface area contributed by atoms with Crippen molar-refractivity contribution in [2.45, 2.75) is 62.7 Å². The molecule has 5 nitrogen and oxygen atoms in total. The van der Waals surface area contributed by atoms with Crippen LogP contribution in [0.3, 0.4) is 0 Å². The highest BCUT2D eigenvalue weighted by molar-refractivity contribution is 7.92. The normalized spacial score (nSPS) is 18.9. The van der Waals surface area contributed by atoms with E-state index >= 15 is 0 Å². The molecule has 1 aliphatic heterocycles. The fourth-order valence-electron chi connectivity index (χ4n) is 5.16. The first kappa shape index (κ1) is 19.6. The van der Waals surface area contributed by atoms with Crippen molar-refractivity contribution in [1.29, 1.82) is 0 Å². The summed E-state index contributed by atoms with van der Waals surface area (Å²) in [5.41, 5.74) is 4.89. The van der Waals surface area contributed by atoms with E-state index in [-0.39, 0.29) is 11.8 Å². The molecule has 2 aliphatic carbocycles. The van der Waals surface area contributed by atoms with E-state index in [1.165, 1.54) is 12.0 Å². The van der Waals surface area contributed by atoms with Crippen LogP contribution in [-0.2, 0) is 34.1 Å². The predicted molar refractivity (Wildman–Crippen MR) is 118 cm³/mol. The molecule has 3 aliphatic rings. The highest BCUT2D eigenvalue weighted by Gasteiger charge is 2.32. The molecule has 1 saturated carbocycles. The Hall–Kier alpha value is -2.34. The van der Waals surface area contributed by atoms with Crippen LogP contribution >= 0.6 is 0 Å². The van der Waals surface area contributed by atoms with Gasteiger partial charge in [0.25, 0.3) is 10.0 Å². The number of nitrogens with one attached hydrogen (secondary N) is 1. The quantitative estimate of drug-likeness (QED) is 0.789. The molecule has 1 fully saturated rings. The maximum atomic E-state index is 13.0. The van der Waals surface area contributed by atoms with E-state index in [2.05, 4.69) is 4.72 Å². The van der Waals surface area contributed by atoms with Crippen LogP contribution in [0.25, 0.3) is 0 Å². The molecule has 0 radical (unpaired) electrons. The van der Waals surface area contributed by atoms with Crippen molar-refractivity contribution in [2.24, 2.45) is 5.92 Å². The smallest absolute Gasteiger partial charge is 0.261 e. The summed E-state index contributed by atoms with van der Waals surface area (Å²) in [7, 11) is -3.67. The minimum Gasteiger partial charge on any atom is -0.312 e. The van der Waals surface area contributed by atoms with E-state index in [1.807, 2.05) is 29.2 Å². The van der Waals surface area contributed by atoms with Crippen LogP contribution in [0.5, 0.6) is 0 Å². The molecule has 0 saturated heterocycles. The summed E-state index contributed by atoms with van der Waals surface area (Å²) in [6, 6.07) is 11.1. The number of sulfonamides is 1. The number of aryl methyl sites for hydroxylation is 2. The zero-order valence-corrected chi connectivity index (χ0v) is 18.0. The second-order valence-electron chi connectivity index (χ2n) is 8.81. The third-order valence-corrected chi connectivity index (χ3v) is 8.21. The monoisotopic (exact) mass is 424 g/mol. The minimum atomic E-state index is -3.67. The molecule has 0 spiro atoms. The average Bonchev–Trinajstić information content (AvgIpc) is 3.43. The van der Waals surface area contributed by atoms with Gasteiger partial charge in [0, 0.05) is 18.2 Å².